The number of anilines is 1. The van der Waals surface area contributed by atoms with Crippen molar-refractivity contribution in [2.24, 2.45) is 0 Å². The number of piperazine rings is 1. The molecule has 8 nitrogen and oxygen atoms in total. The smallest absolute Gasteiger partial charge is 0.350 e. The lowest BCUT2D eigenvalue weighted by molar-refractivity contribution is -0.143. The highest BCUT2D eigenvalue weighted by atomic mass is 16.4. The maximum atomic E-state index is 12.6. The number of hydrogen-bond acceptors (Lipinski definition) is 5. The Morgan fingerprint density at radius 3 is 2.22 bits per heavy atom. The van der Waals surface area contributed by atoms with Crippen molar-refractivity contribution in [1.82, 2.24) is 19.2 Å². The van der Waals surface area contributed by atoms with E-state index in [-0.39, 0.29) is 11.7 Å². The zero-order chi connectivity index (χ0) is 22.7. The van der Waals surface area contributed by atoms with Gasteiger partial charge < -0.3 is 10.0 Å². The molecule has 1 aliphatic rings. The zero-order valence-electron chi connectivity index (χ0n) is 18.5. The Morgan fingerprint density at radius 1 is 1.00 bits per heavy atom. The Balaban J connectivity index is 1.44. The van der Waals surface area contributed by atoms with Crippen molar-refractivity contribution in [2.75, 3.05) is 31.1 Å². The van der Waals surface area contributed by atoms with Gasteiger partial charge in [-0.1, -0.05) is 37.3 Å². The number of carboxylic acid groups (broad SMARTS) is 1. The Morgan fingerprint density at radius 2 is 1.62 bits per heavy atom. The van der Waals surface area contributed by atoms with E-state index in [1.54, 1.807) is 10.9 Å². The minimum Gasteiger partial charge on any atom is -0.480 e. The van der Waals surface area contributed by atoms with Gasteiger partial charge in [0, 0.05) is 31.9 Å². The molecule has 0 amide bonds. The lowest BCUT2D eigenvalue weighted by Gasteiger charge is -2.39. The molecule has 0 bridgehead atoms. The average molecular weight is 436 g/mol. The van der Waals surface area contributed by atoms with E-state index in [0.29, 0.717) is 13.1 Å². The first-order valence-corrected chi connectivity index (χ1v) is 11.0. The molecule has 3 aromatic rings. The van der Waals surface area contributed by atoms with E-state index >= 15 is 0 Å². The second-order valence-electron chi connectivity index (χ2n) is 8.18. The van der Waals surface area contributed by atoms with Gasteiger partial charge in [0.2, 0.25) is 0 Å². The molecule has 8 heteroatoms. The SMILES string of the molecule is CCC(C)n1ncn(-c2ccc(N3CCN(C(C(=O)O)c4ccccc4)CC3)cc2)c1=O. The van der Waals surface area contributed by atoms with Crippen molar-refractivity contribution < 1.29 is 9.90 Å². The Kier molecular flexibility index (Phi) is 6.41. The van der Waals surface area contributed by atoms with Gasteiger partial charge in [0.25, 0.3) is 0 Å². The summed E-state index contributed by atoms with van der Waals surface area (Å²) in [7, 11) is 0. The molecule has 0 spiro atoms. The van der Waals surface area contributed by atoms with Crippen LogP contribution in [0.15, 0.2) is 65.7 Å². The predicted molar refractivity (Wildman–Crippen MR) is 123 cm³/mol. The molecule has 1 N–H and O–H groups in total. The molecule has 4 rings (SSSR count). The molecular formula is C24H29N5O3. The third kappa shape index (κ3) is 4.31. The van der Waals surface area contributed by atoms with Crippen LogP contribution in [0.3, 0.4) is 0 Å². The Hall–Kier alpha value is -3.39. The van der Waals surface area contributed by atoms with Crippen LogP contribution in [0.4, 0.5) is 5.69 Å². The maximum absolute atomic E-state index is 12.6. The highest BCUT2D eigenvalue weighted by Gasteiger charge is 2.30. The largest absolute Gasteiger partial charge is 0.480 e. The molecule has 2 heterocycles. The molecule has 32 heavy (non-hydrogen) atoms. The molecule has 2 aromatic carbocycles. The van der Waals surface area contributed by atoms with Crippen LogP contribution in [-0.2, 0) is 4.79 Å². The summed E-state index contributed by atoms with van der Waals surface area (Å²) in [6.07, 6.45) is 2.41. The van der Waals surface area contributed by atoms with E-state index in [1.807, 2.05) is 73.3 Å². The van der Waals surface area contributed by atoms with Crippen molar-refractivity contribution in [3.63, 3.8) is 0 Å². The minimum atomic E-state index is -0.822. The summed E-state index contributed by atoms with van der Waals surface area (Å²) in [6, 6.07) is 16.7. The van der Waals surface area contributed by atoms with Crippen molar-refractivity contribution >= 4 is 11.7 Å². The van der Waals surface area contributed by atoms with Gasteiger partial charge in [0.15, 0.2) is 0 Å². The average Bonchev–Trinajstić information content (AvgIpc) is 3.21. The number of aromatic nitrogens is 3. The third-order valence-electron chi connectivity index (χ3n) is 6.22. The van der Waals surface area contributed by atoms with E-state index in [0.717, 1.165) is 36.4 Å². The van der Waals surface area contributed by atoms with Crippen molar-refractivity contribution in [3.8, 4) is 5.69 Å². The first-order chi connectivity index (χ1) is 15.5. The lowest BCUT2D eigenvalue weighted by atomic mass is 10.0. The number of aliphatic carboxylic acids is 1. The van der Waals surface area contributed by atoms with Crippen LogP contribution in [0.25, 0.3) is 5.69 Å². The molecule has 1 aliphatic heterocycles. The molecule has 1 saturated heterocycles. The second kappa shape index (κ2) is 9.40. The van der Waals surface area contributed by atoms with Crippen LogP contribution in [0, 0.1) is 0 Å². The second-order valence-corrected chi connectivity index (χ2v) is 8.18. The summed E-state index contributed by atoms with van der Waals surface area (Å²) < 4.78 is 3.07. The van der Waals surface area contributed by atoms with E-state index in [9.17, 15) is 14.7 Å². The number of rotatable bonds is 7. The molecule has 0 radical (unpaired) electrons. The zero-order valence-corrected chi connectivity index (χ0v) is 18.5. The quantitative estimate of drug-likeness (QED) is 0.614. The van der Waals surface area contributed by atoms with Gasteiger partial charge >= 0.3 is 11.7 Å². The molecule has 168 valence electrons. The van der Waals surface area contributed by atoms with Gasteiger partial charge in [0.05, 0.1) is 11.7 Å². The minimum absolute atomic E-state index is 0.0600. The lowest BCUT2D eigenvalue weighted by Crippen LogP contribution is -2.49. The fraction of sp³-hybridized carbons (Fsp3) is 0.375. The summed E-state index contributed by atoms with van der Waals surface area (Å²) in [5.74, 6) is -0.822. The monoisotopic (exact) mass is 435 g/mol. The van der Waals surface area contributed by atoms with Gasteiger partial charge in [0.1, 0.15) is 12.4 Å². The Labute approximate surface area is 187 Å². The van der Waals surface area contributed by atoms with Gasteiger partial charge in [-0.15, -0.1) is 0 Å². The van der Waals surface area contributed by atoms with Gasteiger partial charge in [-0.2, -0.15) is 5.10 Å². The third-order valence-corrected chi connectivity index (χ3v) is 6.22. The molecule has 2 atom stereocenters. The van der Waals surface area contributed by atoms with E-state index in [4.69, 9.17) is 0 Å². The summed E-state index contributed by atoms with van der Waals surface area (Å²) >= 11 is 0. The van der Waals surface area contributed by atoms with Crippen LogP contribution in [0.5, 0.6) is 0 Å². The van der Waals surface area contributed by atoms with Crippen LogP contribution >= 0.6 is 0 Å². The first kappa shape index (κ1) is 21.8. The first-order valence-electron chi connectivity index (χ1n) is 11.0. The molecule has 1 aromatic heterocycles. The molecule has 2 unspecified atom stereocenters. The highest BCUT2D eigenvalue weighted by Crippen LogP contribution is 2.25. The van der Waals surface area contributed by atoms with Crippen LogP contribution in [-0.4, -0.2) is 56.5 Å². The molecule has 0 aliphatic carbocycles. The maximum Gasteiger partial charge on any atom is 0.350 e. The summed E-state index contributed by atoms with van der Waals surface area (Å²) in [5.41, 5.74) is 2.51. The molecular weight excluding hydrogens is 406 g/mol. The van der Waals surface area contributed by atoms with Gasteiger partial charge in [-0.3, -0.25) is 9.69 Å². The summed E-state index contributed by atoms with van der Waals surface area (Å²) in [6.45, 7) is 6.81. The Bertz CT molecular complexity index is 1100. The number of benzene rings is 2. The predicted octanol–water partition coefficient (Wildman–Crippen LogP) is 2.95. The molecule has 0 saturated carbocycles. The number of carboxylic acids is 1. The van der Waals surface area contributed by atoms with E-state index in [2.05, 4.69) is 10.00 Å². The van der Waals surface area contributed by atoms with Crippen molar-refractivity contribution in [3.05, 3.63) is 77.0 Å². The van der Waals surface area contributed by atoms with Crippen LogP contribution in [0.2, 0.25) is 0 Å². The fourth-order valence-corrected chi connectivity index (χ4v) is 4.18. The van der Waals surface area contributed by atoms with E-state index in [1.165, 1.54) is 4.68 Å². The number of nitrogens with zero attached hydrogens (tertiary/aromatic N) is 5. The fourth-order valence-electron chi connectivity index (χ4n) is 4.18. The standard InChI is InChI=1S/C24H29N5O3/c1-3-18(2)29-24(32)28(17-25-29)21-11-9-20(10-12-21)26-13-15-27(16-14-26)22(23(30)31)19-7-5-4-6-8-19/h4-12,17-18,22H,3,13-16H2,1-2H3,(H,30,31). The summed E-state index contributed by atoms with van der Waals surface area (Å²) in [4.78, 5) is 28.8. The highest BCUT2D eigenvalue weighted by molar-refractivity contribution is 5.75. The number of hydrogen-bond donors (Lipinski definition) is 1. The van der Waals surface area contributed by atoms with Crippen LogP contribution in [0.1, 0.15) is 37.9 Å². The number of carbonyl (C=O) groups is 1. The van der Waals surface area contributed by atoms with Gasteiger partial charge in [-0.05, 0) is 43.2 Å². The molecule has 1 fully saturated rings. The topological polar surface area (TPSA) is 83.6 Å². The van der Waals surface area contributed by atoms with Crippen LogP contribution < -0.4 is 10.6 Å². The van der Waals surface area contributed by atoms with Crippen molar-refractivity contribution in [2.45, 2.75) is 32.4 Å². The summed E-state index contributed by atoms with van der Waals surface area (Å²) in [5, 5.41) is 14.0. The van der Waals surface area contributed by atoms with Crippen molar-refractivity contribution in [1.29, 1.82) is 0 Å². The van der Waals surface area contributed by atoms with Gasteiger partial charge in [-0.25, -0.2) is 14.0 Å². The normalized spacial score (nSPS) is 16.6. The van der Waals surface area contributed by atoms with E-state index < -0.39 is 12.0 Å².